The van der Waals surface area contributed by atoms with Crippen LogP contribution in [-0.4, -0.2) is 38.0 Å². The Hall–Kier alpha value is -2.78. The van der Waals surface area contributed by atoms with Crippen molar-refractivity contribution in [1.29, 1.82) is 0 Å². The van der Waals surface area contributed by atoms with Gasteiger partial charge in [0.05, 0.1) is 4.90 Å². The number of phenolic OH excluding ortho intramolecular Hbond substituents is 1. The van der Waals surface area contributed by atoms with E-state index in [4.69, 9.17) is 16.3 Å². The predicted molar refractivity (Wildman–Crippen MR) is 127 cm³/mol. The number of nitrogens with one attached hydrogen (secondary N) is 2. The van der Waals surface area contributed by atoms with Crippen LogP contribution in [0, 0.1) is 17.8 Å². The Bertz CT molecular complexity index is 1180. The van der Waals surface area contributed by atoms with Gasteiger partial charge in [-0.3, -0.25) is 9.52 Å². The minimum atomic E-state index is -4.05. The molecule has 10 heteroatoms. The molecule has 1 amide bonds. The molecule has 0 aliphatic heterocycles. The summed E-state index contributed by atoms with van der Waals surface area (Å²) in [5.74, 6) is -0.0393. The van der Waals surface area contributed by atoms with E-state index in [0.29, 0.717) is 16.9 Å². The maximum Gasteiger partial charge on any atom is 0.342 e. The Morgan fingerprint density at radius 1 is 1.15 bits per heavy atom. The molecular weight excluding hydrogens is 480 g/mol. The Morgan fingerprint density at radius 3 is 2.53 bits per heavy atom. The average Bonchev–Trinajstić information content (AvgIpc) is 3.43. The third-order valence-electron chi connectivity index (χ3n) is 6.75. The van der Waals surface area contributed by atoms with E-state index in [1.807, 2.05) is 6.92 Å². The molecule has 2 bridgehead atoms. The van der Waals surface area contributed by atoms with Crippen molar-refractivity contribution in [3.05, 3.63) is 53.1 Å². The number of fused-ring (bicyclic) bond motifs is 2. The van der Waals surface area contributed by atoms with Gasteiger partial charge < -0.3 is 15.2 Å². The SMILES string of the molecule is CC(NC(=O)COC(=O)c1cc(S(=O)(=O)Nc2ccc(Cl)cc2)ccc1O)C1CC2CCC1C2. The van der Waals surface area contributed by atoms with E-state index in [2.05, 4.69) is 10.0 Å². The second kappa shape index (κ2) is 9.84. The lowest BCUT2D eigenvalue weighted by molar-refractivity contribution is -0.125. The van der Waals surface area contributed by atoms with Gasteiger partial charge in [-0.15, -0.1) is 0 Å². The minimum Gasteiger partial charge on any atom is -0.507 e. The highest BCUT2D eigenvalue weighted by molar-refractivity contribution is 7.92. The molecule has 0 heterocycles. The van der Waals surface area contributed by atoms with Gasteiger partial charge in [-0.2, -0.15) is 0 Å². The largest absolute Gasteiger partial charge is 0.507 e. The minimum absolute atomic E-state index is 0.0117. The smallest absolute Gasteiger partial charge is 0.342 e. The van der Waals surface area contributed by atoms with Gasteiger partial charge in [0.15, 0.2) is 6.61 Å². The second-order valence-corrected chi connectivity index (χ2v) is 11.2. The molecule has 3 N–H and O–H groups in total. The summed E-state index contributed by atoms with van der Waals surface area (Å²) in [6.45, 7) is 1.45. The molecule has 0 aromatic heterocycles. The molecule has 4 atom stereocenters. The van der Waals surface area contributed by atoms with Crippen LogP contribution in [0.3, 0.4) is 0 Å². The van der Waals surface area contributed by atoms with E-state index in [9.17, 15) is 23.1 Å². The molecule has 2 fully saturated rings. The lowest BCUT2D eigenvalue weighted by Gasteiger charge is -2.28. The lowest BCUT2D eigenvalue weighted by Crippen LogP contribution is -2.42. The summed E-state index contributed by atoms with van der Waals surface area (Å²) in [5, 5.41) is 13.4. The van der Waals surface area contributed by atoms with E-state index >= 15 is 0 Å². The number of rotatable bonds is 8. The van der Waals surface area contributed by atoms with Crippen LogP contribution in [0.2, 0.25) is 5.02 Å². The number of aromatic hydroxyl groups is 1. The van der Waals surface area contributed by atoms with E-state index in [-0.39, 0.29) is 22.2 Å². The fraction of sp³-hybridized carbons (Fsp3) is 0.417. The Kier molecular flexibility index (Phi) is 7.04. The first-order chi connectivity index (χ1) is 16.1. The highest BCUT2D eigenvalue weighted by Gasteiger charge is 2.42. The van der Waals surface area contributed by atoms with E-state index < -0.39 is 34.3 Å². The molecule has 2 aliphatic rings. The zero-order valence-electron chi connectivity index (χ0n) is 18.7. The van der Waals surface area contributed by atoms with Crippen LogP contribution >= 0.6 is 11.6 Å². The van der Waals surface area contributed by atoms with Gasteiger partial charge in [-0.1, -0.05) is 18.0 Å². The van der Waals surface area contributed by atoms with Gasteiger partial charge in [0.25, 0.3) is 15.9 Å². The van der Waals surface area contributed by atoms with Crippen LogP contribution < -0.4 is 10.0 Å². The molecular formula is C24H27ClN2O6S. The number of carbonyl (C=O) groups is 2. The maximum absolute atomic E-state index is 12.7. The van der Waals surface area contributed by atoms with Gasteiger partial charge in [0.1, 0.15) is 11.3 Å². The van der Waals surface area contributed by atoms with Crippen molar-refractivity contribution in [2.75, 3.05) is 11.3 Å². The van der Waals surface area contributed by atoms with Crippen molar-refractivity contribution in [3.63, 3.8) is 0 Å². The summed E-state index contributed by atoms with van der Waals surface area (Å²) in [6, 6.07) is 9.29. The molecule has 0 saturated heterocycles. The highest BCUT2D eigenvalue weighted by atomic mass is 35.5. The number of esters is 1. The zero-order valence-corrected chi connectivity index (χ0v) is 20.2. The molecule has 0 spiro atoms. The van der Waals surface area contributed by atoms with Crippen LogP contribution in [0.1, 0.15) is 43.0 Å². The Morgan fingerprint density at radius 2 is 1.88 bits per heavy atom. The fourth-order valence-corrected chi connectivity index (χ4v) is 6.31. The fourth-order valence-electron chi connectivity index (χ4n) is 5.10. The van der Waals surface area contributed by atoms with E-state index in [1.165, 1.54) is 43.5 Å². The molecule has 2 saturated carbocycles. The van der Waals surface area contributed by atoms with Gasteiger partial charge in [0, 0.05) is 16.8 Å². The molecule has 2 aliphatic carbocycles. The van der Waals surface area contributed by atoms with Gasteiger partial charge in [0.2, 0.25) is 0 Å². The molecule has 4 rings (SSSR count). The molecule has 0 radical (unpaired) electrons. The predicted octanol–water partition coefficient (Wildman–Crippen LogP) is 3.94. The number of anilines is 1. The lowest BCUT2D eigenvalue weighted by atomic mass is 9.84. The Balaban J connectivity index is 1.36. The average molecular weight is 507 g/mol. The number of hydrogen-bond acceptors (Lipinski definition) is 6. The molecule has 182 valence electrons. The number of halogens is 1. The maximum atomic E-state index is 12.7. The van der Waals surface area contributed by atoms with E-state index in [0.717, 1.165) is 30.5 Å². The highest BCUT2D eigenvalue weighted by Crippen LogP contribution is 2.49. The molecule has 4 unspecified atom stereocenters. The number of hydrogen-bond donors (Lipinski definition) is 3. The van der Waals surface area contributed by atoms with Crippen LogP contribution in [0.25, 0.3) is 0 Å². The van der Waals surface area contributed by atoms with Crippen molar-refractivity contribution in [2.24, 2.45) is 17.8 Å². The third-order valence-corrected chi connectivity index (χ3v) is 8.38. The first-order valence-electron chi connectivity index (χ1n) is 11.2. The van der Waals surface area contributed by atoms with Gasteiger partial charge >= 0.3 is 5.97 Å². The van der Waals surface area contributed by atoms with Gasteiger partial charge in [-0.05, 0) is 86.4 Å². The molecule has 34 heavy (non-hydrogen) atoms. The van der Waals surface area contributed by atoms with Crippen LogP contribution in [0.5, 0.6) is 5.75 Å². The first kappa shape index (κ1) is 24.3. The normalized spacial score (nSPS) is 22.2. The number of amides is 1. The topological polar surface area (TPSA) is 122 Å². The van der Waals surface area contributed by atoms with Crippen molar-refractivity contribution in [3.8, 4) is 5.75 Å². The monoisotopic (exact) mass is 506 g/mol. The van der Waals surface area contributed by atoms with Crippen molar-refractivity contribution in [2.45, 2.75) is 43.5 Å². The summed E-state index contributed by atoms with van der Waals surface area (Å²) >= 11 is 5.82. The summed E-state index contributed by atoms with van der Waals surface area (Å²) in [5.41, 5.74) is -0.0733. The Labute approximate surface area is 203 Å². The molecule has 8 nitrogen and oxygen atoms in total. The van der Waals surface area contributed by atoms with Crippen molar-refractivity contribution < 1.29 is 27.9 Å². The van der Waals surface area contributed by atoms with Crippen molar-refractivity contribution >= 4 is 39.2 Å². The second-order valence-electron chi connectivity index (χ2n) is 9.06. The van der Waals surface area contributed by atoms with E-state index in [1.54, 1.807) is 0 Å². The third kappa shape index (κ3) is 5.47. The quantitative estimate of drug-likeness (QED) is 0.466. The molecule has 2 aromatic carbocycles. The summed E-state index contributed by atoms with van der Waals surface area (Å²) in [7, 11) is -4.05. The van der Waals surface area contributed by atoms with Crippen molar-refractivity contribution in [1.82, 2.24) is 5.32 Å². The number of ether oxygens (including phenoxy) is 1. The van der Waals surface area contributed by atoms with Gasteiger partial charge in [-0.25, -0.2) is 13.2 Å². The number of phenols is 1. The number of benzene rings is 2. The standard InChI is InChI=1S/C24H27ClN2O6S/c1-14(20-11-15-2-3-16(20)10-15)26-23(29)13-33-24(30)21-12-19(8-9-22(21)28)34(31,32)27-18-6-4-17(25)5-7-18/h4-9,12,14-16,20,27-28H,2-3,10-11,13H2,1H3,(H,26,29). The van der Waals surface area contributed by atoms with Crippen LogP contribution in [0.4, 0.5) is 5.69 Å². The van der Waals surface area contributed by atoms with Crippen LogP contribution in [-0.2, 0) is 19.6 Å². The summed E-state index contributed by atoms with van der Waals surface area (Å²) < 4.78 is 32.8. The number of sulfonamides is 1. The summed E-state index contributed by atoms with van der Waals surface area (Å²) in [6.07, 6.45) is 4.82. The first-order valence-corrected chi connectivity index (χ1v) is 13.1. The zero-order chi connectivity index (χ0) is 24.5. The number of carbonyl (C=O) groups excluding carboxylic acids is 2. The van der Waals surface area contributed by atoms with Crippen LogP contribution in [0.15, 0.2) is 47.4 Å². The molecule has 2 aromatic rings. The summed E-state index contributed by atoms with van der Waals surface area (Å²) in [4.78, 5) is 24.6.